The maximum Gasteiger partial charge on any atom is 0.127 e. The fraction of sp³-hybridized carbons (Fsp3) is 0.571. The lowest BCUT2D eigenvalue weighted by Crippen LogP contribution is -2.42. The van der Waals surface area contributed by atoms with Gasteiger partial charge in [-0.05, 0) is 50.4 Å². The van der Waals surface area contributed by atoms with Gasteiger partial charge in [-0.2, -0.15) is 0 Å². The van der Waals surface area contributed by atoms with E-state index >= 15 is 0 Å². The molecule has 0 aliphatic carbocycles. The Balaban J connectivity index is 0.00000180. The lowest BCUT2D eigenvalue weighted by atomic mass is 9.92. The van der Waals surface area contributed by atoms with Crippen LogP contribution >= 0.6 is 28.3 Å². The number of halogens is 3. The van der Waals surface area contributed by atoms with E-state index in [-0.39, 0.29) is 24.3 Å². The smallest absolute Gasteiger partial charge is 0.127 e. The third kappa shape index (κ3) is 4.71. The summed E-state index contributed by atoms with van der Waals surface area (Å²) in [6.07, 6.45) is 2.34. The van der Waals surface area contributed by atoms with E-state index in [1.54, 1.807) is 6.07 Å². The quantitative estimate of drug-likeness (QED) is 0.902. The molecule has 0 aromatic heterocycles. The van der Waals surface area contributed by atoms with Crippen LogP contribution < -0.4 is 5.73 Å². The first-order valence-corrected chi connectivity index (χ1v) is 7.27. The van der Waals surface area contributed by atoms with Crippen LogP contribution in [0.2, 0.25) is 0 Å². The number of rotatable bonds is 3. The summed E-state index contributed by atoms with van der Waals surface area (Å²) in [5.41, 5.74) is 6.73. The van der Waals surface area contributed by atoms with Crippen LogP contribution in [0, 0.1) is 11.7 Å². The second kappa shape index (κ2) is 7.58. The maximum absolute atomic E-state index is 13.7. The van der Waals surface area contributed by atoms with Crippen molar-refractivity contribution >= 4 is 28.3 Å². The predicted molar refractivity (Wildman–Crippen MR) is 83.0 cm³/mol. The van der Waals surface area contributed by atoms with E-state index in [4.69, 9.17) is 5.73 Å². The van der Waals surface area contributed by atoms with Gasteiger partial charge in [0.2, 0.25) is 0 Å². The molecule has 0 radical (unpaired) electrons. The lowest BCUT2D eigenvalue weighted by Gasteiger charge is -2.34. The summed E-state index contributed by atoms with van der Waals surface area (Å²) in [7, 11) is 0. The molecule has 2 rings (SSSR count). The highest BCUT2D eigenvalue weighted by atomic mass is 79.9. The summed E-state index contributed by atoms with van der Waals surface area (Å²) in [6.45, 7) is 4.75. The van der Waals surface area contributed by atoms with Crippen molar-refractivity contribution in [2.75, 3.05) is 13.1 Å². The summed E-state index contributed by atoms with van der Waals surface area (Å²) in [6, 6.07) is 5.34. The SMILES string of the molecule is CC(N)C1CCCN(Cc2cc(Br)ccc2F)C1.Cl. The van der Waals surface area contributed by atoms with Gasteiger partial charge in [0.1, 0.15) is 5.82 Å². The third-order valence-electron chi connectivity index (χ3n) is 3.69. The molecule has 1 heterocycles. The average molecular weight is 352 g/mol. The van der Waals surface area contributed by atoms with Gasteiger partial charge in [-0.3, -0.25) is 4.90 Å². The Kier molecular flexibility index (Phi) is 6.74. The minimum atomic E-state index is -0.124. The molecule has 1 aliphatic rings. The van der Waals surface area contributed by atoms with Gasteiger partial charge in [0, 0.05) is 29.2 Å². The standard InChI is InChI=1S/C14H20BrFN2.ClH/c1-10(17)11-3-2-6-18(8-11)9-12-7-13(15)4-5-14(12)16;/h4-5,7,10-11H,2-3,6,8-9,17H2,1H3;1H. The molecule has 1 aromatic carbocycles. The first-order chi connectivity index (χ1) is 8.56. The van der Waals surface area contributed by atoms with E-state index in [2.05, 4.69) is 27.8 Å². The van der Waals surface area contributed by atoms with Crippen LogP contribution in [0.4, 0.5) is 4.39 Å². The molecule has 108 valence electrons. The van der Waals surface area contributed by atoms with Crippen LogP contribution in [0.1, 0.15) is 25.3 Å². The number of benzene rings is 1. The zero-order valence-electron chi connectivity index (χ0n) is 11.1. The van der Waals surface area contributed by atoms with Crippen LogP contribution in [0.3, 0.4) is 0 Å². The summed E-state index contributed by atoms with van der Waals surface area (Å²) in [5.74, 6) is 0.412. The summed E-state index contributed by atoms with van der Waals surface area (Å²) < 4.78 is 14.6. The Morgan fingerprint density at radius 2 is 2.26 bits per heavy atom. The highest BCUT2D eigenvalue weighted by Crippen LogP contribution is 2.22. The van der Waals surface area contributed by atoms with Gasteiger partial charge in [-0.15, -0.1) is 12.4 Å². The molecule has 1 aliphatic heterocycles. The minimum Gasteiger partial charge on any atom is -0.328 e. The topological polar surface area (TPSA) is 29.3 Å². The monoisotopic (exact) mass is 350 g/mol. The minimum absolute atomic E-state index is 0. The first kappa shape index (κ1) is 16.9. The van der Waals surface area contributed by atoms with E-state index in [1.807, 2.05) is 6.07 Å². The number of piperidine rings is 1. The molecular formula is C14H21BrClFN2. The van der Waals surface area contributed by atoms with E-state index in [9.17, 15) is 4.39 Å². The van der Waals surface area contributed by atoms with Gasteiger partial charge in [-0.1, -0.05) is 15.9 Å². The number of hydrogen-bond donors (Lipinski definition) is 1. The van der Waals surface area contributed by atoms with Crippen LogP contribution in [0.25, 0.3) is 0 Å². The Morgan fingerprint density at radius 1 is 1.53 bits per heavy atom. The Hall–Kier alpha value is -0.160. The molecule has 0 saturated carbocycles. The molecule has 2 unspecified atom stereocenters. The Morgan fingerprint density at radius 3 is 2.95 bits per heavy atom. The second-order valence-corrected chi connectivity index (χ2v) is 6.15. The van der Waals surface area contributed by atoms with Crippen molar-refractivity contribution in [1.82, 2.24) is 4.90 Å². The van der Waals surface area contributed by atoms with Crippen molar-refractivity contribution in [1.29, 1.82) is 0 Å². The molecule has 1 fully saturated rings. The molecule has 5 heteroatoms. The molecule has 1 aromatic rings. The number of nitrogens with two attached hydrogens (primary N) is 1. The molecule has 0 amide bonds. The number of hydrogen-bond acceptors (Lipinski definition) is 2. The van der Waals surface area contributed by atoms with E-state index in [0.717, 1.165) is 29.5 Å². The van der Waals surface area contributed by atoms with Crippen molar-refractivity contribution in [3.63, 3.8) is 0 Å². The normalized spacial score (nSPS) is 21.8. The van der Waals surface area contributed by atoms with Gasteiger partial charge >= 0.3 is 0 Å². The van der Waals surface area contributed by atoms with Gasteiger partial charge in [0.05, 0.1) is 0 Å². The van der Waals surface area contributed by atoms with Crippen LogP contribution in [-0.2, 0) is 6.54 Å². The molecule has 1 saturated heterocycles. The van der Waals surface area contributed by atoms with Crippen LogP contribution in [0.15, 0.2) is 22.7 Å². The molecule has 2 nitrogen and oxygen atoms in total. The van der Waals surface area contributed by atoms with Crippen molar-refractivity contribution in [2.24, 2.45) is 11.7 Å². The fourth-order valence-corrected chi connectivity index (χ4v) is 2.98. The first-order valence-electron chi connectivity index (χ1n) is 6.48. The summed E-state index contributed by atoms with van der Waals surface area (Å²) >= 11 is 3.39. The summed E-state index contributed by atoms with van der Waals surface area (Å²) in [5, 5.41) is 0. The molecule has 19 heavy (non-hydrogen) atoms. The van der Waals surface area contributed by atoms with E-state index < -0.39 is 0 Å². The molecule has 0 bridgehead atoms. The highest BCUT2D eigenvalue weighted by molar-refractivity contribution is 9.10. The Bertz CT molecular complexity index is 414. The van der Waals surface area contributed by atoms with Crippen LogP contribution in [0.5, 0.6) is 0 Å². The Labute approximate surface area is 129 Å². The van der Waals surface area contributed by atoms with Gasteiger partial charge in [0.15, 0.2) is 0 Å². The van der Waals surface area contributed by atoms with E-state index in [1.165, 1.54) is 12.5 Å². The van der Waals surface area contributed by atoms with Crippen molar-refractivity contribution in [2.45, 2.75) is 32.4 Å². The maximum atomic E-state index is 13.7. The van der Waals surface area contributed by atoms with Crippen molar-refractivity contribution in [3.05, 3.63) is 34.1 Å². The van der Waals surface area contributed by atoms with Gasteiger partial charge in [0.25, 0.3) is 0 Å². The lowest BCUT2D eigenvalue weighted by molar-refractivity contribution is 0.153. The average Bonchev–Trinajstić information content (AvgIpc) is 2.34. The van der Waals surface area contributed by atoms with Gasteiger partial charge < -0.3 is 5.73 Å². The summed E-state index contributed by atoms with van der Waals surface area (Å²) in [4.78, 5) is 2.31. The fourth-order valence-electron chi connectivity index (χ4n) is 2.57. The zero-order chi connectivity index (χ0) is 13.1. The van der Waals surface area contributed by atoms with Gasteiger partial charge in [-0.25, -0.2) is 4.39 Å². The number of likely N-dealkylation sites (tertiary alicyclic amines) is 1. The highest BCUT2D eigenvalue weighted by Gasteiger charge is 2.23. The van der Waals surface area contributed by atoms with Crippen molar-refractivity contribution < 1.29 is 4.39 Å². The molecule has 0 spiro atoms. The largest absolute Gasteiger partial charge is 0.328 e. The predicted octanol–water partition coefficient (Wildman–Crippen LogP) is 3.57. The molecule has 2 atom stereocenters. The van der Waals surface area contributed by atoms with E-state index in [0.29, 0.717) is 12.5 Å². The zero-order valence-corrected chi connectivity index (χ0v) is 13.5. The second-order valence-electron chi connectivity index (χ2n) is 5.23. The third-order valence-corrected chi connectivity index (χ3v) is 4.18. The van der Waals surface area contributed by atoms with Crippen molar-refractivity contribution in [3.8, 4) is 0 Å². The van der Waals surface area contributed by atoms with Crippen LogP contribution in [-0.4, -0.2) is 24.0 Å². The number of nitrogens with zero attached hydrogens (tertiary/aromatic N) is 1. The molecular weight excluding hydrogens is 331 g/mol. The molecule has 2 N–H and O–H groups in total.